The number of ether oxygens (including phenoxy) is 3. The van der Waals surface area contributed by atoms with Crippen molar-refractivity contribution >= 4 is 22.1 Å². The second-order valence-electron chi connectivity index (χ2n) is 11.6. The van der Waals surface area contributed by atoms with Crippen molar-refractivity contribution in [1.29, 1.82) is 0 Å². The zero-order chi connectivity index (χ0) is 31.6. The summed E-state index contributed by atoms with van der Waals surface area (Å²) in [5, 5.41) is 0. The van der Waals surface area contributed by atoms with Crippen molar-refractivity contribution in [2.45, 2.75) is 64.2 Å². The SMILES string of the molecule is CC(C)OC(=O)[C@@H](C)N(OCCOCCN1CCN(C(=O)OC(C)(C)C)CC1)S(=O)(=O)c1ccc(-c2ccccc2)cc1. The predicted molar refractivity (Wildman–Crippen MR) is 163 cm³/mol. The molecule has 0 aliphatic carbocycles. The van der Waals surface area contributed by atoms with Gasteiger partial charge in [-0.15, -0.1) is 0 Å². The van der Waals surface area contributed by atoms with Crippen LogP contribution in [0.3, 0.4) is 0 Å². The van der Waals surface area contributed by atoms with Gasteiger partial charge in [0, 0.05) is 32.7 Å². The number of hydrogen-bond acceptors (Lipinski definition) is 9. The molecule has 0 N–H and O–H groups in total. The van der Waals surface area contributed by atoms with Crippen LogP contribution in [0, 0.1) is 0 Å². The van der Waals surface area contributed by atoms with E-state index in [-0.39, 0.29) is 24.2 Å². The van der Waals surface area contributed by atoms with E-state index >= 15 is 0 Å². The minimum absolute atomic E-state index is 0.0113. The Morgan fingerprint density at radius 2 is 1.47 bits per heavy atom. The molecular weight excluding hydrogens is 574 g/mol. The van der Waals surface area contributed by atoms with E-state index in [9.17, 15) is 18.0 Å². The molecule has 238 valence electrons. The van der Waals surface area contributed by atoms with Crippen LogP contribution in [0.2, 0.25) is 0 Å². The maximum absolute atomic E-state index is 13.6. The monoisotopic (exact) mass is 619 g/mol. The Kier molecular flexibility index (Phi) is 12.5. The lowest BCUT2D eigenvalue weighted by Gasteiger charge is -2.35. The number of piperazine rings is 1. The van der Waals surface area contributed by atoms with Crippen molar-refractivity contribution in [2.75, 3.05) is 52.5 Å². The summed E-state index contributed by atoms with van der Waals surface area (Å²) < 4.78 is 44.3. The van der Waals surface area contributed by atoms with Gasteiger partial charge in [0.15, 0.2) is 0 Å². The van der Waals surface area contributed by atoms with E-state index in [1.54, 1.807) is 30.9 Å². The lowest BCUT2D eigenvalue weighted by Crippen LogP contribution is -2.50. The molecule has 2 aromatic carbocycles. The molecule has 11 nitrogen and oxygen atoms in total. The second kappa shape index (κ2) is 15.6. The number of nitrogens with zero attached hydrogens (tertiary/aromatic N) is 3. The molecule has 1 saturated heterocycles. The number of hydrogen-bond donors (Lipinski definition) is 0. The standard InChI is InChI=1S/C31H45N3O8S/c1-24(2)41-29(35)25(3)34(43(37,38)28-14-12-27(13-15-28)26-10-8-7-9-11-26)40-23-22-39-21-20-32-16-18-33(19-17-32)30(36)42-31(4,5)6/h7-15,24-25H,16-23H2,1-6H3/t25-/m1/s1. The number of rotatable bonds is 13. The second-order valence-corrected chi connectivity index (χ2v) is 13.3. The van der Waals surface area contributed by atoms with Gasteiger partial charge in [-0.05, 0) is 64.8 Å². The zero-order valence-corrected chi connectivity index (χ0v) is 26.8. The summed E-state index contributed by atoms with van der Waals surface area (Å²) >= 11 is 0. The average Bonchev–Trinajstić information content (AvgIpc) is 2.96. The first-order valence-corrected chi connectivity index (χ1v) is 16.0. The number of hydroxylamine groups is 1. The van der Waals surface area contributed by atoms with Crippen LogP contribution in [0.15, 0.2) is 59.5 Å². The van der Waals surface area contributed by atoms with Crippen molar-refractivity contribution in [1.82, 2.24) is 14.3 Å². The van der Waals surface area contributed by atoms with E-state index in [0.29, 0.717) is 43.8 Å². The van der Waals surface area contributed by atoms with Crippen LogP contribution >= 0.6 is 0 Å². The molecular formula is C31H45N3O8S. The zero-order valence-electron chi connectivity index (χ0n) is 26.0. The first-order chi connectivity index (χ1) is 20.3. The summed E-state index contributed by atoms with van der Waals surface area (Å²) in [5.41, 5.74) is 1.29. The molecule has 0 bridgehead atoms. The van der Waals surface area contributed by atoms with Crippen molar-refractivity contribution in [3.05, 3.63) is 54.6 Å². The van der Waals surface area contributed by atoms with Crippen LogP contribution in [-0.2, 0) is 33.9 Å². The van der Waals surface area contributed by atoms with Gasteiger partial charge in [0.2, 0.25) is 0 Å². The van der Waals surface area contributed by atoms with Gasteiger partial charge in [-0.2, -0.15) is 0 Å². The van der Waals surface area contributed by atoms with Crippen LogP contribution in [0.1, 0.15) is 41.5 Å². The maximum atomic E-state index is 13.6. The van der Waals surface area contributed by atoms with Gasteiger partial charge < -0.3 is 19.1 Å². The lowest BCUT2D eigenvalue weighted by atomic mass is 10.1. The minimum atomic E-state index is -4.21. The molecule has 1 aliphatic rings. The highest BCUT2D eigenvalue weighted by Crippen LogP contribution is 2.24. The third-order valence-corrected chi connectivity index (χ3v) is 8.29. The Morgan fingerprint density at radius 1 is 0.860 bits per heavy atom. The molecule has 1 atom stereocenters. The molecule has 0 unspecified atom stereocenters. The quantitative estimate of drug-likeness (QED) is 0.185. The van der Waals surface area contributed by atoms with Gasteiger partial charge >= 0.3 is 12.1 Å². The van der Waals surface area contributed by atoms with Crippen LogP contribution in [-0.4, -0.2) is 105 Å². The van der Waals surface area contributed by atoms with Crippen molar-refractivity contribution in [3.63, 3.8) is 0 Å². The van der Waals surface area contributed by atoms with Gasteiger partial charge in [-0.3, -0.25) is 14.5 Å². The number of benzene rings is 2. The number of sulfonamides is 1. The number of carbonyl (C=O) groups is 2. The summed E-state index contributed by atoms with van der Waals surface area (Å²) in [6.45, 7) is 14.0. The topological polar surface area (TPSA) is 115 Å². The molecule has 1 aliphatic heterocycles. The molecule has 3 rings (SSSR count). The van der Waals surface area contributed by atoms with E-state index in [1.165, 1.54) is 19.1 Å². The summed E-state index contributed by atoms with van der Waals surface area (Å²) in [7, 11) is -4.21. The van der Waals surface area contributed by atoms with E-state index in [2.05, 4.69) is 4.90 Å². The smallest absolute Gasteiger partial charge is 0.410 e. The molecule has 0 aromatic heterocycles. The summed E-state index contributed by atoms with van der Waals surface area (Å²) in [6.07, 6.45) is -0.724. The number of amides is 1. The fourth-order valence-corrected chi connectivity index (χ4v) is 5.73. The normalized spacial score (nSPS) is 15.5. The fourth-order valence-electron chi connectivity index (χ4n) is 4.32. The average molecular weight is 620 g/mol. The van der Waals surface area contributed by atoms with E-state index in [1.807, 2.05) is 51.1 Å². The first kappa shape index (κ1) is 34.5. The van der Waals surface area contributed by atoms with Gasteiger partial charge in [-0.1, -0.05) is 46.9 Å². The third kappa shape index (κ3) is 10.6. The molecule has 43 heavy (non-hydrogen) atoms. The molecule has 2 aromatic rings. The molecule has 12 heteroatoms. The fraction of sp³-hybridized carbons (Fsp3) is 0.548. The van der Waals surface area contributed by atoms with Crippen molar-refractivity contribution in [3.8, 4) is 11.1 Å². The van der Waals surface area contributed by atoms with Gasteiger partial charge in [0.25, 0.3) is 10.0 Å². The largest absolute Gasteiger partial charge is 0.462 e. The summed E-state index contributed by atoms with van der Waals surface area (Å²) in [5.74, 6) is -0.717. The number of carbonyl (C=O) groups excluding carboxylic acids is 2. The van der Waals surface area contributed by atoms with Crippen molar-refractivity contribution < 1.29 is 37.1 Å². The van der Waals surface area contributed by atoms with Gasteiger partial charge in [0.05, 0.1) is 30.8 Å². The van der Waals surface area contributed by atoms with E-state index in [4.69, 9.17) is 19.0 Å². The molecule has 0 saturated carbocycles. The number of esters is 1. The molecule has 1 fully saturated rings. The Labute approximate surface area is 255 Å². The first-order valence-electron chi connectivity index (χ1n) is 14.6. The summed E-state index contributed by atoms with van der Waals surface area (Å²) in [4.78, 5) is 34.5. The van der Waals surface area contributed by atoms with Gasteiger partial charge in [0.1, 0.15) is 11.6 Å². The van der Waals surface area contributed by atoms with Crippen LogP contribution in [0.5, 0.6) is 0 Å². The van der Waals surface area contributed by atoms with Crippen LogP contribution in [0.4, 0.5) is 4.79 Å². The van der Waals surface area contributed by atoms with E-state index < -0.39 is 33.7 Å². The maximum Gasteiger partial charge on any atom is 0.410 e. The minimum Gasteiger partial charge on any atom is -0.462 e. The van der Waals surface area contributed by atoms with E-state index in [0.717, 1.165) is 11.1 Å². The molecule has 0 spiro atoms. The lowest BCUT2D eigenvalue weighted by molar-refractivity contribution is -0.172. The van der Waals surface area contributed by atoms with Crippen LogP contribution < -0.4 is 0 Å². The molecule has 1 heterocycles. The Hall–Kier alpha value is -3.03. The summed E-state index contributed by atoms with van der Waals surface area (Å²) in [6, 6.07) is 14.8. The molecule has 1 amide bonds. The highest BCUT2D eigenvalue weighted by atomic mass is 32.2. The Bertz CT molecular complexity index is 1270. The molecule has 0 radical (unpaired) electrons. The Balaban J connectivity index is 1.53. The van der Waals surface area contributed by atoms with Gasteiger partial charge in [-0.25, -0.2) is 13.2 Å². The predicted octanol–water partition coefficient (Wildman–Crippen LogP) is 4.19. The highest BCUT2D eigenvalue weighted by Gasteiger charge is 2.36. The third-order valence-electron chi connectivity index (χ3n) is 6.53. The van der Waals surface area contributed by atoms with Crippen molar-refractivity contribution in [2.24, 2.45) is 0 Å². The Morgan fingerprint density at radius 3 is 2.05 bits per heavy atom. The highest BCUT2D eigenvalue weighted by molar-refractivity contribution is 7.89. The van der Waals surface area contributed by atoms with Crippen LogP contribution in [0.25, 0.3) is 11.1 Å².